The van der Waals surface area contributed by atoms with Gasteiger partial charge >= 0.3 is 0 Å². The standard InChI is InChI=1S/C12H18N4O4S2/c1-8-11(21-14-13-8)12(17)15-4-3-10-9(7-15)16(5-6-20-10)22(2,18)19/h9-10H,3-7H2,1-2H3/t9-,10-/m1/s1. The molecule has 0 N–H and O–H groups in total. The lowest BCUT2D eigenvalue weighted by molar-refractivity contribution is -0.0704. The van der Waals surface area contributed by atoms with E-state index in [0.29, 0.717) is 43.2 Å². The molecule has 122 valence electrons. The van der Waals surface area contributed by atoms with Gasteiger partial charge in [-0.2, -0.15) is 4.31 Å². The molecule has 10 heteroatoms. The topological polar surface area (TPSA) is 92.7 Å². The molecule has 8 nitrogen and oxygen atoms in total. The average molecular weight is 346 g/mol. The molecule has 2 aliphatic rings. The molecule has 3 rings (SSSR count). The molecule has 22 heavy (non-hydrogen) atoms. The van der Waals surface area contributed by atoms with Gasteiger partial charge in [-0.05, 0) is 24.9 Å². The summed E-state index contributed by atoms with van der Waals surface area (Å²) in [6, 6.07) is -0.317. The van der Waals surface area contributed by atoms with Gasteiger partial charge in [0.1, 0.15) is 4.88 Å². The van der Waals surface area contributed by atoms with Crippen LogP contribution in [0.25, 0.3) is 0 Å². The van der Waals surface area contributed by atoms with E-state index in [1.54, 1.807) is 11.8 Å². The first-order chi connectivity index (χ1) is 10.4. The van der Waals surface area contributed by atoms with Crippen molar-refractivity contribution < 1.29 is 17.9 Å². The summed E-state index contributed by atoms with van der Waals surface area (Å²) in [6.07, 6.45) is 1.69. The molecular weight excluding hydrogens is 328 g/mol. The van der Waals surface area contributed by atoms with E-state index in [4.69, 9.17) is 4.74 Å². The Morgan fingerprint density at radius 3 is 2.82 bits per heavy atom. The molecule has 2 saturated heterocycles. The number of sulfonamides is 1. The maximum atomic E-state index is 12.6. The summed E-state index contributed by atoms with van der Waals surface area (Å²) in [5.41, 5.74) is 0.608. The van der Waals surface area contributed by atoms with E-state index in [1.165, 1.54) is 10.6 Å². The molecular formula is C12H18N4O4S2. The van der Waals surface area contributed by atoms with E-state index < -0.39 is 10.0 Å². The van der Waals surface area contributed by atoms with Gasteiger partial charge in [-0.25, -0.2) is 8.42 Å². The summed E-state index contributed by atoms with van der Waals surface area (Å²) in [6.45, 7) is 3.38. The number of hydrogen-bond acceptors (Lipinski definition) is 7. The Hall–Kier alpha value is -1.10. The first-order valence-electron chi connectivity index (χ1n) is 7.04. The van der Waals surface area contributed by atoms with Crippen LogP contribution in [-0.4, -0.2) is 77.8 Å². The van der Waals surface area contributed by atoms with Crippen molar-refractivity contribution in [3.63, 3.8) is 0 Å². The molecule has 0 aliphatic carbocycles. The maximum Gasteiger partial charge on any atom is 0.267 e. The first kappa shape index (κ1) is 15.8. The first-order valence-corrected chi connectivity index (χ1v) is 9.66. The zero-order chi connectivity index (χ0) is 15.9. The fraction of sp³-hybridized carbons (Fsp3) is 0.750. The van der Waals surface area contributed by atoms with Gasteiger partial charge in [0.05, 0.1) is 30.7 Å². The van der Waals surface area contributed by atoms with Gasteiger partial charge in [0.25, 0.3) is 5.91 Å². The largest absolute Gasteiger partial charge is 0.375 e. The van der Waals surface area contributed by atoms with Gasteiger partial charge in [0, 0.05) is 19.6 Å². The Bertz CT molecular complexity index is 674. The van der Waals surface area contributed by atoms with Gasteiger partial charge in [-0.15, -0.1) is 5.10 Å². The zero-order valence-electron chi connectivity index (χ0n) is 12.4. The van der Waals surface area contributed by atoms with Crippen molar-refractivity contribution in [2.24, 2.45) is 0 Å². The van der Waals surface area contributed by atoms with E-state index in [9.17, 15) is 13.2 Å². The molecule has 1 amide bonds. The third-order valence-corrected chi connectivity index (χ3v) is 6.21. The van der Waals surface area contributed by atoms with Crippen LogP contribution in [0.2, 0.25) is 0 Å². The quantitative estimate of drug-likeness (QED) is 0.731. The van der Waals surface area contributed by atoms with E-state index >= 15 is 0 Å². The fourth-order valence-corrected chi connectivity index (χ4v) is 4.73. The molecule has 0 aromatic carbocycles. The number of carbonyl (C=O) groups excluding carboxylic acids is 1. The number of likely N-dealkylation sites (tertiary alicyclic amines) is 1. The molecule has 1 aromatic rings. The lowest BCUT2D eigenvalue weighted by Crippen LogP contribution is -2.61. The van der Waals surface area contributed by atoms with Crippen molar-refractivity contribution >= 4 is 27.5 Å². The van der Waals surface area contributed by atoms with Crippen LogP contribution < -0.4 is 0 Å². The Kier molecular flexibility index (Phi) is 4.19. The summed E-state index contributed by atoms with van der Waals surface area (Å²) >= 11 is 1.07. The molecule has 1 aromatic heterocycles. The maximum absolute atomic E-state index is 12.6. The number of morpholine rings is 1. The second-order valence-electron chi connectivity index (χ2n) is 5.58. The molecule has 0 bridgehead atoms. The lowest BCUT2D eigenvalue weighted by Gasteiger charge is -2.45. The van der Waals surface area contributed by atoms with Crippen LogP contribution in [0, 0.1) is 6.92 Å². The van der Waals surface area contributed by atoms with E-state index in [2.05, 4.69) is 9.59 Å². The van der Waals surface area contributed by atoms with Crippen molar-refractivity contribution in [1.82, 2.24) is 18.8 Å². The number of ether oxygens (including phenoxy) is 1. The average Bonchev–Trinajstić information content (AvgIpc) is 2.90. The summed E-state index contributed by atoms with van der Waals surface area (Å²) in [5, 5.41) is 3.86. The number of rotatable bonds is 2. The fourth-order valence-electron chi connectivity index (χ4n) is 3.01. The minimum Gasteiger partial charge on any atom is -0.375 e. The molecule has 2 fully saturated rings. The van der Waals surface area contributed by atoms with Crippen LogP contribution in [0.3, 0.4) is 0 Å². The van der Waals surface area contributed by atoms with Crippen LogP contribution in [-0.2, 0) is 14.8 Å². The molecule has 2 atom stereocenters. The number of aromatic nitrogens is 2. The summed E-state index contributed by atoms with van der Waals surface area (Å²) in [4.78, 5) is 14.8. The van der Waals surface area contributed by atoms with E-state index in [-0.39, 0.29) is 18.1 Å². The van der Waals surface area contributed by atoms with E-state index in [1.807, 2.05) is 0 Å². The molecule has 0 unspecified atom stereocenters. The van der Waals surface area contributed by atoms with Gasteiger partial charge in [-0.1, -0.05) is 4.49 Å². The van der Waals surface area contributed by atoms with Crippen molar-refractivity contribution in [1.29, 1.82) is 0 Å². The van der Waals surface area contributed by atoms with Crippen molar-refractivity contribution in [3.8, 4) is 0 Å². The smallest absolute Gasteiger partial charge is 0.267 e. The monoisotopic (exact) mass is 346 g/mol. The number of amides is 1. The van der Waals surface area contributed by atoms with E-state index in [0.717, 1.165) is 11.5 Å². The molecule has 0 spiro atoms. The zero-order valence-corrected chi connectivity index (χ0v) is 14.1. The minimum absolute atomic E-state index is 0.134. The predicted octanol–water partition coefficient (Wildman–Crippen LogP) is -0.279. The molecule has 0 radical (unpaired) electrons. The highest BCUT2D eigenvalue weighted by Gasteiger charge is 2.42. The molecule has 2 aliphatic heterocycles. The predicted molar refractivity (Wildman–Crippen MR) is 80.2 cm³/mol. The Labute approximate surface area is 133 Å². The second-order valence-corrected chi connectivity index (χ2v) is 8.27. The third kappa shape index (κ3) is 2.87. The minimum atomic E-state index is -3.31. The number of aryl methyl sites for hydroxylation is 1. The number of carbonyl (C=O) groups is 1. The number of nitrogens with zero attached hydrogens (tertiary/aromatic N) is 4. The Morgan fingerprint density at radius 1 is 1.41 bits per heavy atom. The SMILES string of the molecule is Cc1nnsc1C(=O)N1CC[C@H]2OCCN(S(C)(=O)=O)[C@@H]2C1. The van der Waals surface area contributed by atoms with Crippen LogP contribution in [0.5, 0.6) is 0 Å². The summed E-state index contributed by atoms with van der Waals surface area (Å²) in [7, 11) is -3.31. The number of fused-ring (bicyclic) bond motifs is 1. The number of piperidine rings is 1. The Morgan fingerprint density at radius 2 is 2.18 bits per heavy atom. The highest BCUT2D eigenvalue weighted by Crippen LogP contribution is 2.26. The van der Waals surface area contributed by atoms with Gasteiger partial charge < -0.3 is 9.64 Å². The summed E-state index contributed by atoms with van der Waals surface area (Å²) in [5.74, 6) is -0.134. The van der Waals surface area contributed by atoms with Crippen LogP contribution >= 0.6 is 11.5 Å². The van der Waals surface area contributed by atoms with Crippen molar-refractivity contribution in [2.75, 3.05) is 32.5 Å². The highest BCUT2D eigenvalue weighted by atomic mass is 32.2. The van der Waals surface area contributed by atoms with Gasteiger partial charge in [-0.3, -0.25) is 4.79 Å². The van der Waals surface area contributed by atoms with Crippen LogP contribution in [0.4, 0.5) is 0 Å². The summed E-state index contributed by atoms with van der Waals surface area (Å²) < 4.78 is 34.8. The van der Waals surface area contributed by atoms with Crippen molar-refractivity contribution in [2.45, 2.75) is 25.5 Å². The van der Waals surface area contributed by atoms with Crippen molar-refractivity contribution in [3.05, 3.63) is 10.6 Å². The second kappa shape index (κ2) is 5.84. The molecule has 0 saturated carbocycles. The lowest BCUT2D eigenvalue weighted by atomic mass is 10.0. The van der Waals surface area contributed by atoms with Gasteiger partial charge in [0.2, 0.25) is 10.0 Å². The highest BCUT2D eigenvalue weighted by molar-refractivity contribution is 7.88. The number of hydrogen-bond donors (Lipinski definition) is 0. The third-order valence-electron chi connectivity index (χ3n) is 4.09. The molecule has 3 heterocycles. The van der Waals surface area contributed by atoms with Crippen LogP contribution in [0.1, 0.15) is 21.8 Å². The van der Waals surface area contributed by atoms with Gasteiger partial charge in [0.15, 0.2) is 0 Å². The van der Waals surface area contributed by atoms with Crippen LogP contribution in [0.15, 0.2) is 0 Å². The Balaban J connectivity index is 1.80. The normalized spacial score (nSPS) is 26.7.